The van der Waals surface area contributed by atoms with Gasteiger partial charge in [0.15, 0.2) is 0 Å². The Morgan fingerprint density at radius 2 is 1.92 bits per heavy atom. The van der Waals surface area contributed by atoms with Crippen molar-refractivity contribution in [1.82, 2.24) is 5.32 Å². The summed E-state index contributed by atoms with van der Waals surface area (Å²) in [5.74, 6) is 0.507. The van der Waals surface area contributed by atoms with Gasteiger partial charge in [-0.2, -0.15) is 5.26 Å². The molecule has 1 saturated carbocycles. The van der Waals surface area contributed by atoms with Crippen LogP contribution in [0.15, 0.2) is 48.5 Å². The van der Waals surface area contributed by atoms with E-state index in [-0.39, 0.29) is 18.0 Å². The number of anilines is 1. The largest absolute Gasteiger partial charge is 0.325 e. The highest BCUT2D eigenvalue weighted by Gasteiger charge is 2.34. The van der Waals surface area contributed by atoms with Crippen molar-refractivity contribution < 1.29 is 4.79 Å². The van der Waals surface area contributed by atoms with Crippen molar-refractivity contribution in [3.05, 3.63) is 65.2 Å². The smallest absolute Gasteiger partial charge is 0.241 e. The summed E-state index contributed by atoms with van der Waals surface area (Å²) in [6.45, 7) is 3.96. The molecule has 0 spiro atoms. The number of rotatable bonds is 6. The Balaban J connectivity index is 1.66. The van der Waals surface area contributed by atoms with Gasteiger partial charge in [0, 0.05) is 11.7 Å². The third kappa shape index (κ3) is 4.46. The van der Waals surface area contributed by atoms with Crippen LogP contribution < -0.4 is 10.6 Å². The molecule has 2 aromatic carbocycles. The Morgan fingerprint density at radius 1 is 1.20 bits per heavy atom. The zero-order valence-corrected chi connectivity index (χ0v) is 14.6. The number of carbonyl (C=O) groups excluding carboxylic acids is 1. The van der Waals surface area contributed by atoms with Crippen molar-refractivity contribution in [3.8, 4) is 6.07 Å². The Labute approximate surface area is 148 Å². The first-order valence-electron chi connectivity index (χ1n) is 8.70. The topological polar surface area (TPSA) is 64.9 Å². The van der Waals surface area contributed by atoms with Gasteiger partial charge >= 0.3 is 0 Å². The molecule has 1 amide bonds. The minimum Gasteiger partial charge on any atom is -0.325 e. The monoisotopic (exact) mass is 333 g/mol. The predicted octanol–water partition coefficient (Wildman–Crippen LogP) is 3.93. The van der Waals surface area contributed by atoms with Gasteiger partial charge in [-0.3, -0.25) is 10.1 Å². The van der Waals surface area contributed by atoms with Crippen molar-refractivity contribution in [2.45, 2.75) is 38.8 Å². The number of amides is 1. The van der Waals surface area contributed by atoms with Crippen molar-refractivity contribution in [3.63, 3.8) is 0 Å². The standard InChI is InChI=1S/C21H23N3O/c1-14-6-8-17(9-7-14)20(18-10-11-18)23-15(2)21(25)24-19-5-3-4-16(12-19)13-22/h3-9,12,15,18,20,23H,10-11H2,1-2H3,(H,24,25)/t15-,20-/m0/s1. The second-order valence-corrected chi connectivity index (χ2v) is 6.80. The SMILES string of the molecule is Cc1ccc([C@H](N[C@@H](C)C(=O)Nc2cccc(C#N)c2)C2CC2)cc1. The molecule has 2 N–H and O–H groups in total. The van der Waals surface area contributed by atoms with Crippen LogP contribution in [0.5, 0.6) is 0 Å². The molecular weight excluding hydrogens is 310 g/mol. The summed E-state index contributed by atoms with van der Waals surface area (Å²) >= 11 is 0. The Morgan fingerprint density at radius 3 is 2.56 bits per heavy atom. The average molecular weight is 333 g/mol. The van der Waals surface area contributed by atoms with Crippen LogP contribution >= 0.6 is 0 Å². The lowest BCUT2D eigenvalue weighted by Gasteiger charge is -2.23. The summed E-state index contributed by atoms with van der Waals surface area (Å²) in [6.07, 6.45) is 2.40. The maximum atomic E-state index is 12.5. The van der Waals surface area contributed by atoms with Gasteiger partial charge in [-0.15, -0.1) is 0 Å². The molecule has 0 unspecified atom stereocenters. The van der Waals surface area contributed by atoms with Crippen LogP contribution in [0.1, 0.15) is 42.5 Å². The number of carbonyl (C=O) groups is 1. The zero-order valence-electron chi connectivity index (χ0n) is 14.6. The molecule has 25 heavy (non-hydrogen) atoms. The first kappa shape index (κ1) is 17.2. The number of nitrogens with zero attached hydrogens (tertiary/aromatic N) is 1. The summed E-state index contributed by atoms with van der Waals surface area (Å²) in [5, 5.41) is 15.3. The van der Waals surface area contributed by atoms with Crippen molar-refractivity contribution in [1.29, 1.82) is 5.26 Å². The van der Waals surface area contributed by atoms with E-state index >= 15 is 0 Å². The summed E-state index contributed by atoms with van der Waals surface area (Å²) in [7, 11) is 0. The molecule has 0 aromatic heterocycles. The second kappa shape index (κ2) is 7.50. The van der Waals surface area contributed by atoms with Crippen LogP contribution in [-0.4, -0.2) is 11.9 Å². The molecule has 2 aromatic rings. The normalized spacial score (nSPS) is 15.9. The lowest BCUT2D eigenvalue weighted by molar-refractivity contribution is -0.118. The highest BCUT2D eigenvalue weighted by atomic mass is 16.2. The summed E-state index contributed by atoms with van der Waals surface area (Å²) in [5.41, 5.74) is 3.66. The van der Waals surface area contributed by atoms with E-state index in [1.807, 2.05) is 6.92 Å². The molecule has 3 rings (SSSR count). The fourth-order valence-corrected chi connectivity index (χ4v) is 2.97. The van der Waals surface area contributed by atoms with Gasteiger partial charge in [0.05, 0.1) is 17.7 Å². The van der Waals surface area contributed by atoms with Gasteiger partial charge in [-0.25, -0.2) is 0 Å². The van der Waals surface area contributed by atoms with Crippen LogP contribution in [0, 0.1) is 24.2 Å². The van der Waals surface area contributed by atoms with Crippen LogP contribution in [0.2, 0.25) is 0 Å². The summed E-state index contributed by atoms with van der Waals surface area (Å²) < 4.78 is 0. The van der Waals surface area contributed by atoms with Crippen molar-refractivity contribution in [2.24, 2.45) is 5.92 Å². The van der Waals surface area contributed by atoms with E-state index in [1.165, 1.54) is 24.0 Å². The zero-order chi connectivity index (χ0) is 17.8. The number of hydrogen-bond acceptors (Lipinski definition) is 3. The fraction of sp³-hybridized carbons (Fsp3) is 0.333. The van der Waals surface area contributed by atoms with Crippen LogP contribution in [0.4, 0.5) is 5.69 Å². The number of aryl methyl sites for hydroxylation is 1. The number of nitrogens with one attached hydrogen (secondary N) is 2. The van der Waals surface area contributed by atoms with Gasteiger partial charge in [-0.1, -0.05) is 35.9 Å². The van der Waals surface area contributed by atoms with E-state index in [2.05, 4.69) is 47.9 Å². The third-order valence-electron chi connectivity index (χ3n) is 4.61. The van der Waals surface area contributed by atoms with Gasteiger partial charge in [0.1, 0.15) is 0 Å². The number of benzene rings is 2. The highest BCUT2D eigenvalue weighted by molar-refractivity contribution is 5.94. The summed E-state index contributed by atoms with van der Waals surface area (Å²) in [4.78, 5) is 12.5. The Kier molecular flexibility index (Phi) is 5.16. The molecule has 4 nitrogen and oxygen atoms in total. The Hall–Kier alpha value is -2.64. The second-order valence-electron chi connectivity index (χ2n) is 6.80. The first-order valence-corrected chi connectivity index (χ1v) is 8.70. The highest BCUT2D eigenvalue weighted by Crippen LogP contribution is 2.41. The van der Waals surface area contributed by atoms with Gasteiger partial charge in [0.2, 0.25) is 5.91 Å². The lowest BCUT2D eigenvalue weighted by Crippen LogP contribution is -2.40. The molecule has 1 fully saturated rings. The molecule has 128 valence electrons. The molecule has 0 bridgehead atoms. The van der Waals surface area contributed by atoms with E-state index in [0.29, 0.717) is 17.2 Å². The van der Waals surface area contributed by atoms with Gasteiger partial charge < -0.3 is 5.32 Å². The Bertz CT molecular complexity index is 788. The summed E-state index contributed by atoms with van der Waals surface area (Å²) in [6, 6.07) is 17.5. The molecule has 4 heteroatoms. The van der Waals surface area contributed by atoms with E-state index in [4.69, 9.17) is 5.26 Å². The minimum absolute atomic E-state index is 0.0900. The van der Waals surface area contributed by atoms with Gasteiger partial charge in [0.25, 0.3) is 0 Å². The van der Waals surface area contributed by atoms with Crippen LogP contribution in [0.3, 0.4) is 0 Å². The molecule has 0 aliphatic heterocycles. The number of hydrogen-bond donors (Lipinski definition) is 2. The maximum Gasteiger partial charge on any atom is 0.241 e. The third-order valence-corrected chi connectivity index (χ3v) is 4.61. The van der Waals surface area contributed by atoms with E-state index in [1.54, 1.807) is 24.3 Å². The molecule has 1 aliphatic carbocycles. The lowest BCUT2D eigenvalue weighted by atomic mass is 10.00. The van der Waals surface area contributed by atoms with Crippen molar-refractivity contribution >= 4 is 11.6 Å². The van der Waals surface area contributed by atoms with Gasteiger partial charge in [-0.05, 0) is 56.4 Å². The molecular formula is C21H23N3O. The van der Waals surface area contributed by atoms with Crippen LogP contribution in [0.25, 0.3) is 0 Å². The maximum absolute atomic E-state index is 12.5. The fourth-order valence-electron chi connectivity index (χ4n) is 2.97. The van der Waals surface area contributed by atoms with Crippen molar-refractivity contribution in [2.75, 3.05) is 5.32 Å². The molecule has 0 saturated heterocycles. The molecule has 0 radical (unpaired) electrons. The van der Waals surface area contributed by atoms with E-state index in [0.717, 1.165) is 0 Å². The number of nitriles is 1. The van der Waals surface area contributed by atoms with E-state index in [9.17, 15) is 4.79 Å². The minimum atomic E-state index is -0.322. The van der Waals surface area contributed by atoms with E-state index < -0.39 is 0 Å². The average Bonchev–Trinajstić information content (AvgIpc) is 3.45. The molecule has 2 atom stereocenters. The predicted molar refractivity (Wildman–Crippen MR) is 99.0 cm³/mol. The quantitative estimate of drug-likeness (QED) is 0.841. The first-order chi connectivity index (χ1) is 12.1. The molecule has 1 aliphatic rings. The molecule has 0 heterocycles. The van der Waals surface area contributed by atoms with Crippen LogP contribution in [-0.2, 0) is 4.79 Å².